The van der Waals surface area contributed by atoms with Crippen LogP contribution in [0.25, 0.3) is 0 Å². The number of rotatable bonds is 10. The molecule has 0 unspecified atom stereocenters. The van der Waals surface area contributed by atoms with Gasteiger partial charge < -0.3 is 24.4 Å². The Bertz CT molecular complexity index is 800. The third kappa shape index (κ3) is 6.92. The van der Waals surface area contributed by atoms with Gasteiger partial charge in [0, 0.05) is 71.1 Å². The van der Waals surface area contributed by atoms with Gasteiger partial charge >= 0.3 is 0 Å². The number of ether oxygens (including phenoxy) is 1. The van der Waals surface area contributed by atoms with Crippen LogP contribution in [0.3, 0.4) is 0 Å². The summed E-state index contributed by atoms with van der Waals surface area (Å²) in [7, 11) is 0. The van der Waals surface area contributed by atoms with Crippen LogP contribution < -0.4 is 10.2 Å². The van der Waals surface area contributed by atoms with E-state index in [9.17, 15) is 4.39 Å². The van der Waals surface area contributed by atoms with Gasteiger partial charge in [-0.2, -0.15) is 0 Å². The molecule has 1 N–H and O–H groups in total. The number of piperazine rings is 1. The van der Waals surface area contributed by atoms with Gasteiger partial charge in [0.25, 0.3) is 0 Å². The molecule has 0 atom stereocenters. The Morgan fingerprint density at radius 2 is 1.94 bits per heavy atom. The van der Waals surface area contributed by atoms with Crippen molar-refractivity contribution in [1.82, 2.24) is 25.0 Å². The quantitative estimate of drug-likeness (QED) is 0.353. The molecule has 1 aromatic heterocycles. The molecule has 0 aliphatic carbocycles. The number of aryl methyl sites for hydroxylation is 1. The molecule has 31 heavy (non-hydrogen) atoms. The van der Waals surface area contributed by atoms with E-state index in [0.717, 1.165) is 89.3 Å². The van der Waals surface area contributed by atoms with Gasteiger partial charge in [0.15, 0.2) is 5.96 Å². The fourth-order valence-corrected chi connectivity index (χ4v) is 3.62. The summed E-state index contributed by atoms with van der Waals surface area (Å²) >= 11 is 0. The maximum absolute atomic E-state index is 13.2. The number of aromatic nitrogens is 3. The predicted molar refractivity (Wildman–Crippen MR) is 121 cm³/mol. The average Bonchev–Trinajstić information content (AvgIpc) is 3.26. The third-order valence-corrected chi connectivity index (χ3v) is 5.33. The fourth-order valence-electron chi connectivity index (χ4n) is 3.62. The highest BCUT2D eigenvalue weighted by atomic mass is 19.1. The Labute approximate surface area is 184 Å². The van der Waals surface area contributed by atoms with Crippen molar-refractivity contribution in [3.05, 3.63) is 42.2 Å². The Hall–Kier alpha value is -2.68. The van der Waals surface area contributed by atoms with E-state index in [1.807, 2.05) is 19.1 Å². The van der Waals surface area contributed by atoms with Gasteiger partial charge in [-0.25, -0.2) is 4.39 Å². The number of hydrogen-bond acceptors (Lipinski definition) is 5. The van der Waals surface area contributed by atoms with E-state index < -0.39 is 0 Å². The lowest BCUT2D eigenvalue weighted by Crippen LogP contribution is -2.53. The highest BCUT2D eigenvalue weighted by Crippen LogP contribution is 2.17. The lowest BCUT2D eigenvalue weighted by atomic mass is 10.2. The van der Waals surface area contributed by atoms with E-state index in [4.69, 9.17) is 9.73 Å². The normalized spacial score (nSPS) is 14.9. The number of nitrogens with zero attached hydrogens (tertiary/aromatic N) is 6. The van der Waals surface area contributed by atoms with E-state index in [1.54, 1.807) is 6.33 Å². The molecule has 1 saturated heterocycles. The molecule has 0 spiro atoms. The molecule has 2 aromatic rings. The molecule has 0 radical (unpaired) electrons. The number of halogens is 1. The molecular formula is C22H34FN7O. The van der Waals surface area contributed by atoms with Crippen LogP contribution in [0.15, 0.2) is 35.6 Å². The molecule has 0 bridgehead atoms. The first-order chi connectivity index (χ1) is 15.2. The van der Waals surface area contributed by atoms with Crippen molar-refractivity contribution < 1.29 is 9.13 Å². The maximum Gasteiger partial charge on any atom is 0.194 e. The van der Waals surface area contributed by atoms with Crippen LogP contribution in [0.4, 0.5) is 10.1 Å². The lowest BCUT2D eigenvalue weighted by molar-refractivity contribution is 0.146. The first-order valence-corrected chi connectivity index (χ1v) is 11.2. The fraction of sp³-hybridized carbons (Fsp3) is 0.591. The number of anilines is 1. The van der Waals surface area contributed by atoms with Gasteiger partial charge in [0.2, 0.25) is 0 Å². The van der Waals surface area contributed by atoms with Crippen molar-refractivity contribution >= 4 is 11.6 Å². The van der Waals surface area contributed by atoms with Crippen molar-refractivity contribution in [1.29, 1.82) is 0 Å². The summed E-state index contributed by atoms with van der Waals surface area (Å²) in [6.07, 6.45) is 3.55. The SMILES string of the molecule is CCOCCCN=C(NCCn1cnnc1CC)N1CCN(c2ccc(F)cc2)CC1. The topological polar surface area (TPSA) is 70.8 Å². The summed E-state index contributed by atoms with van der Waals surface area (Å²) in [6.45, 7) is 11.3. The lowest BCUT2D eigenvalue weighted by Gasteiger charge is -2.37. The monoisotopic (exact) mass is 431 g/mol. The number of nitrogens with one attached hydrogen (secondary N) is 1. The van der Waals surface area contributed by atoms with Gasteiger partial charge in [-0.3, -0.25) is 4.99 Å². The molecule has 9 heteroatoms. The molecule has 1 fully saturated rings. The van der Waals surface area contributed by atoms with Gasteiger partial charge in [-0.1, -0.05) is 6.92 Å². The second kappa shape index (κ2) is 12.2. The van der Waals surface area contributed by atoms with Crippen molar-refractivity contribution in [2.24, 2.45) is 4.99 Å². The van der Waals surface area contributed by atoms with E-state index in [1.165, 1.54) is 12.1 Å². The van der Waals surface area contributed by atoms with Crippen LogP contribution in [0.5, 0.6) is 0 Å². The maximum atomic E-state index is 13.2. The van der Waals surface area contributed by atoms with Crippen LogP contribution in [-0.2, 0) is 17.7 Å². The molecule has 0 saturated carbocycles. The van der Waals surface area contributed by atoms with E-state index in [0.29, 0.717) is 0 Å². The largest absolute Gasteiger partial charge is 0.382 e. The molecule has 3 rings (SSSR count). The minimum atomic E-state index is -0.201. The van der Waals surface area contributed by atoms with Crippen LogP contribution in [-0.4, -0.2) is 78.1 Å². The minimum Gasteiger partial charge on any atom is -0.382 e. The molecule has 0 amide bonds. The standard InChI is InChI=1S/C22H34FN7O/c1-3-21-27-26-18-30(21)12-11-25-22(24-10-5-17-31-4-2)29-15-13-28(14-16-29)20-8-6-19(23)7-9-20/h6-9,18H,3-5,10-17H2,1-2H3,(H,24,25). The Morgan fingerprint density at radius 1 is 1.16 bits per heavy atom. The van der Waals surface area contributed by atoms with Crippen molar-refractivity contribution in [3.8, 4) is 0 Å². The van der Waals surface area contributed by atoms with Crippen molar-refractivity contribution in [3.63, 3.8) is 0 Å². The van der Waals surface area contributed by atoms with E-state index in [-0.39, 0.29) is 5.82 Å². The van der Waals surface area contributed by atoms with Gasteiger partial charge in [-0.15, -0.1) is 10.2 Å². The molecule has 1 aromatic carbocycles. The van der Waals surface area contributed by atoms with Crippen molar-refractivity contribution in [2.45, 2.75) is 33.2 Å². The number of hydrogen-bond donors (Lipinski definition) is 1. The van der Waals surface area contributed by atoms with Crippen LogP contribution in [0, 0.1) is 5.82 Å². The average molecular weight is 432 g/mol. The van der Waals surface area contributed by atoms with Gasteiger partial charge in [0.1, 0.15) is 18.0 Å². The second-order valence-electron chi connectivity index (χ2n) is 7.43. The van der Waals surface area contributed by atoms with Crippen LogP contribution in [0.1, 0.15) is 26.1 Å². The number of benzene rings is 1. The third-order valence-electron chi connectivity index (χ3n) is 5.33. The molecule has 1 aliphatic rings. The zero-order chi connectivity index (χ0) is 21.9. The zero-order valence-electron chi connectivity index (χ0n) is 18.6. The summed E-state index contributed by atoms with van der Waals surface area (Å²) in [4.78, 5) is 9.42. The summed E-state index contributed by atoms with van der Waals surface area (Å²) in [5.41, 5.74) is 1.06. The first-order valence-electron chi connectivity index (χ1n) is 11.2. The van der Waals surface area contributed by atoms with E-state index in [2.05, 4.69) is 36.8 Å². The van der Waals surface area contributed by atoms with Gasteiger partial charge in [-0.05, 0) is 37.6 Å². The Balaban J connectivity index is 1.55. The molecule has 2 heterocycles. The minimum absolute atomic E-state index is 0.201. The smallest absolute Gasteiger partial charge is 0.194 e. The summed E-state index contributed by atoms with van der Waals surface area (Å²) in [6, 6.07) is 6.72. The molecule has 1 aliphatic heterocycles. The predicted octanol–water partition coefficient (Wildman–Crippen LogP) is 2.17. The second-order valence-corrected chi connectivity index (χ2v) is 7.43. The highest BCUT2D eigenvalue weighted by Gasteiger charge is 2.20. The van der Waals surface area contributed by atoms with Gasteiger partial charge in [0.05, 0.1) is 0 Å². The Kier molecular flexibility index (Phi) is 9.08. The Morgan fingerprint density at radius 3 is 2.65 bits per heavy atom. The van der Waals surface area contributed by atoms with Crippen LogP contribution in [0.2, 0.25) is 0 Å². The highest BCUT2D eigenvalue weighted by molar-refractivity contribution is 5.80. The summed E-state index contributed by atoms with van der Waals surface area (Å²) in [5.74, 6) is 1.72. The molecular weight excluding hydrogens is 397 g/mol. The first kappa shape index (κ1) is 23.0. The summed E-state index contributed by atoms with van der Waals surface area (Å²) in [5, 5.41) is 11.7. The number of guanidine groups is 1. The van der Waals surface area contributed by atoms with Crippen LogP contribution >= 0.6 is 0 Å². The van der Waals surface area contributed by atoms with Crippen molar-refractivity contribution in [2.75, 3.05) is 57.4 Å². The number of aliphatic imine (C=N–C) groups is 1. The molecule has 8 nitrogen and oxygen atoms in total. The summed E-state index contributed by atoms with van der Waals surface area (Å²) < 4.78 is 20.7. The molecule has 170 valence electrons. The zero-order valence-corrected chi connectivity index (χ0v) is 18.6. The van der Waals surface area contributed by atoms with E-state index >= 15 is 0 Å².